The predicted molar refractivity (Wildman–Crippen MR) is 57.6 cm³/mol. The molecule has 2 rings (SSSR count). The molecule has 80 valence electrons. The van der Waals surface area contributed by atoms with Gasteiger partial charge in [0.15, 0.2) is 5.65 Å². The van der Waals surface area contributed by atoms with Gasteiger partial charge < -0.3 is 5.11 Å². The molecule has 0 aliphatic rings. The summed E-state index contributed by atoms with van der Waals surface area (Å²) in [5.41, 5.74) is 2.48. The number of nitrogens with zero attached hydrogens (tertiary/aromatic N) is 3. The van der Waals surface area contributed by atoms with Gasteiger partial charge in [-0.15, -0.1) is 0 Å². The largest absolute Gasteiger partial charge is 0.390 e. The van der Waals surface area contributed by atoms with E-state index < -0.39 is 0 Å². The van der Waals surface area contributed by atoms with E-state index in [1.165, 1.54) is 0 Å². The van der Waals surface area contributed by atoms with Crippen LogP contribution in [0.3, 0.4) is 0 Å². The highest BCUT2D eigenvalue weighted by Gasteiger charge is 2.16. The molecule has 0 saturated heterocycles. The third kappa shape index (κ3) is 1.72. The molecule has 2 aromatic rings. The molecule has 0 radical (unpaired) electrons. The first-order chi connectivity index (χ1) is 7.02. The molecule has 0 atom stereocenters. The molecule has 4 nitrogen and oxygen atoms in total. The summed E-state index contributed by atoms with van der Waals surface area (Å²) < 4.78 is 1.70. The normalized spacial score (nSPS) is 12.3. The molecule has 0 aliphatic carbocycles. The molecule has 0 bridgehead atoms. The van der Waals surface area contributed by atoms with Gasteiger partial charge in [-0.2, -0.15) is 5.10 Å². The van der Waals surface area contributed by atoms with Crippen molar-refractivity contribution in [2.75, 3.05) is 0 Å². The summed E-state index contributed by atoms with van der Waals surface area (Å²) in [7, 11) is 0. The summed E-state index contributed by atoms with van der Waals surface area (Å²) in [6, 6.07) is 3.90. The van der Waals surface area contributed by atoms with Crippen LogP contribution < -0.4 is 0 Å². The summed E-state index contributed by atoms with van der Waals surface area (Å²) in [5.74, 6) is 0. The van der Waals surface area contributed by atoms with Crippen LogP contribution in [0.2, 0.25) is 0 Å². The van der Waals surface area contributed by atoms with Crippen molar-refractivity contribution in [1.82, 2.24) is 14.6 Å². The van der Waals surface area contributed by atoms with Crippen LogP contribution >= 0.6 is 0 Å². The van der Waals surface area contributed by atoms with Crippen molar-refractivity contribution in [2.24, 2.45) is 0 Å². The van der Waals surface area contributed by atoms with Gasteiger partial charge in [0, 0.05) is 5.41 Å². The molecular formula is C11H15N3O. The van der Waals surface area contributed by atoms with Crippen molar-refractivity contribution >= 4 is 5.65 Å². The van der Waals surface area contributed by atoms with Crippen molar-refractivity contribution in [3.63, 3.8) is 0 Å². The smallest absolute Gasteiger partial charge is 0.153 e. The van der Waals surface area contributed by atoms with Gasteiger partial charge in [-0.3, -0.25) is 0 Å². The number of hydrogen-bond acceptors (Lipinski definition) is 3. The van der Waals surface area contributed by atoms with E-state index in [1.54, 1.807) is 10.7 Å². The Kier molecular flexibility index (Phi) is 2.23. The predicted octanol–water partition coefficient (Wildman–Crippen LogP) is 1.52. The second-order valence-corrected chi connectivity index (χ2v) is 4.65. The Balaban J connectivity index is 2.63. The standard InChI is InChI=1S/C11H15N3O/c1-11(2,3)9-4-5-10-12-6-8(7-15)14(10)13-9/h4-6,15H,7H2,1-3H3. The summed E-state index contributed by atoms with van der Waals surface area (Å²) in [5, 5.41) is 13.6. The second-order valence-electron chi connectivity index (χ2n) is 4.65. The summed E-state index contributed by atoms with van der Waals surface area (Å²) in [6.07, 6.45) is 1.65. The quantitative estimate of drug-likeness (QED) is 0.768. The van der Waals surface area contributed by atoms with Crippen LogP contribution in [0, 0.1) is 0 Å². The highest BCUT2D eigenvalue weighted by molar-refractivity contribution is 5.39. The highest BCUT2D eigenvalue weighted by atomic mass is 16.3. The lowest BCUT2D eigenvalue weighted by Gasteiger charge is -2.17. The van der Waals surface area contributed by atoms with E-state index in [9.17, 15) is 0 Å². The lowest BCUT2D eigenvalue weighted by molar-refractivity contribution is 0.274. The minimum Gasteiger partial charge on any atom is -0.390 e. The van der Waals surface area contributed by atoms with Crippen LogP contribution in [0.15, 0.2) is 18.3 Å². The molecular weight excluding hydrogens is 190 g/mol. The number of imidazole rings is 1. The van der Waals surface area contributed by atoms with Crippen molar-refractivity contribution in [3.8, 4) is 0 Å². The molecule has 4 heteroatoms. The zero-order valence-corrected chi connectivity index (χ0v) is 9.23. The Hall–Kier alpha value is -1.42. The lowest BCUT2D eigenvalue weighted by atomic mass is 9.92. The third-order valence-electron chi connectivity index (χ3n) is 2.36. The van der Waals surface area contributed by atoms with E-state index in [2.05, 4.69) is 30.9 Å². The Morgan fingerprint density at radius 3 is 2.67 bits per heavy atom. The maximum absolute atomic E-state index is 9.12. The monoisotopic (exact) mass is 205 g/mol. The Morgan fingerprint density at radius 1 is 1.33 bits per heavy atom. The van der Waals surface area contributed by atoms with Gasteiger partial charge in [0.25, 0.3) is 0 Å². The molecule has 0 saturated carbocycles. The number of aliphatic hydroxyl groups is 1. The Labute approximate surface area is 88.6 Å². The number of hydrogen-bond donors (Lipinski definition) is 1. The van der Waals surface area contributed by atoms with Crippen LogP contribution in [0.25, 0.3) is 5.65 Å². The van der Waals surface area contributed by atoms with Gasteiger partial charge in [-0.05, 0) is 12.1 Å². The van der Waals surface area contributed by atoms with Gasteiger partial charge in [0.2, 0.25) is 0 Å². The van der Waals surface area contributed by atoms with Gasteiger partial charge in [-0.1, -0.05) is 20.8 Å². The summed E-state index contributed by atoms with van der Waals surface area (Å²) in [6.45, 7) is 6.28. The van der Waals surface area contributed by atoms with Crippen LogP contribution in [0.1, 0.15) is 32.2 Å². The Bertz CT molecular complexity index is 482. The number of rotatable bonds is 1. The fourth-order valence-electron chi connectivity index (χ4n) is 1.43. The zero-order valence-electron chi connectivity index (χ0n) is 9.23. The van der Waals surface area contributed by atoms with Crippen LogP contribution in [0.5, 0.6) is 0 Å². The molecule has 0 fully saturated rings. The van der Waals surface area contributed by atoms with E-state index in [0.717, 1.165) is 17.0 Å². The molecule has 0 aromatic carbocycles. The molecule has 15 heavy (non-hydrogen) atoms. The molecule has 0 amide bonds. The van der Waals surface area contributed by atoms with E-state index in [0.29, 0.717) is 0 Å². The van der Waals surface area contributed by atoms with Crippen molar-refractivity contribution in [3.05, 3.63) is 29.7 Å². The van der Waals surface area contributed by atoms with Crippen LogP contribution in [0.4, 0.5) is 0 Å². The SMILES string of the molecule is CC(C)(C)c1ccc2ncc(CO)n2n1. The first-order valence-corrected chi connectivity index (χ1v) is 4.97. The number of fused-ring (bicyclic) bond motifs is 1. The second kappa shape index (κ2) is 3.31. The lowest BCUT2D eigenvalue weighted by Crippen LogP contribution is -2.15. The minimum atomic E-state index is -0.0399. The molecule has 2 heterocycles. The van der Waals surface area contributed by atoms with E-state index in [4.69, 9.17) is 5.11 Å². The van der Waals surface area contributed by atoms with Gasteiger partial charge in [0.1, 0.15) is 0 Å². The van der Waals surface area contributed by atoms with Crippen LogP contribution in [-0.2, 0) is 12.0 Å². The van der Waals surface area contributed by atoms with Gasteiger partial charge in [-0.25, -0.2) is 9.50 Å². The summed E-state index contributed by atoms with van der Waals surface area (Å²) in [4.78, 5) is 4.15. The third-order valence-corrected chi connectivity index (χ3v) is 2.36. The first kappa shape index (κ1) is 10.1. The number of aromatic nitrogens is 3. The average Bonchev–Trinajstić information content (AvgIpc) is 2.57. The maximum Gasteiger partial charge on any atom is 0.153 e. The fourth-order valence-corrected chi connectivity index (χ4v) is 1.43. The maximum atomic E-state index is 9.12. The van der Waals surface area contributed by atoms with Crippen molar-refractivity contribution < 1.29 is 5.11 Å². The molecule has 1 N–H and O–H groups in total. The molecule has 0 aliphatic heterocycles. The molecule has 0 spiro atoms. The van der Waals surface area contributed by atoms with Gasteiger partial charge in [0.05, 0.1) is 24.2 Å². The van der Waals surface area contributed by atoms with E-state index in [1.807, 2.05) is 12.1 Å². The topological polar surface area (TPSA) is 50.4 Å². The van der Waals surface area contributed by atoms with E-state index in [-0.39, 0.29) is 12.0 Å². The minimum absolute atomic E-state index is 0.00514. The summed E-state index contributed by atoms with van der Waals surface area (Å²) >= 11 is 0. The fraction of sp³-hybridized carbons (Fsp3) is 0.455. The highest BCUT2D eigenvalue weighted by Crippen LogP contribution is 2.20. The molecule has 0 unspecified atom stereocenters. The van der Waals surface area contributed by atoms with Crippen LogP contribution in [-0.4, -0.2) is 19.7 Å². The Morgan fingerprint density at radius 2 is 2.07 bits per heavy atom. The van der Waals surface area contributed by atoms with Gasteiger partial charge >= 0.3 is 0 Å². The van der Waals surface area contributed by atoms with E-state index >= 15 is 0 Å². The number of aliphatic hydroxyl groups excluding tert-OH is 1. The molecule has 2 aromatic heterocycles. The van der Waals surface area contributed by atoms with Crippen molar-refractivity contribution in [2.45, 2.75) is 32.8 Å². The first-order valence-electron chi connectivity index (χ1n) is 4.97. The zero-order chi connectivity index (χ0) is 11.1. The average molecular weight is 205 g/mol. The van der Waals surface area contributed by atoms with Crippen molar-refractivity contribution in [1.29, 1.82) is 0 Å².